The van der Waals surface area contributed by atoms with Crippen molar-refractivity contribution in [2.75, 3.05) is 38.0 Å². The van der Waals surface area contributed by atoms with Crippen LogP contribution in [0.3, 0.4) is 0 Å². The molecule has 0 bridgehead atoms. The lowest BCUT2D eigenvalue weighted by Gasteiger charge is -2.33. The molecule has 0 radical (unpaired) electrons. The molecule has 1 saturated heterocycles. The molecule has 1 N–H and O–H groups in total. The molecule has 28 heavy (non-hydrogen) atoms. The number of nitrogens with one attached hydrogen (secondary N) is 1. The van der Waals surface area contributed by atoms with E-state index in [2.05, 4.69) is 21.2 Å². The van der Waals surface area contributed by atoms with E-state index in [-0.39, 0.29) is 17.3 Å². The van der Waals surface area contributed by atoms with Crippen molar-refractivity contribution in [1.82, 2.24) is 9.21 Å². The van der Waals surface area contributed by atoms with Crippen molar-refractivity contribution in [3.8, 4) is 0 Å². The summed E-state index contributed by atoms with van der Waals surface area (Å²) in [5.41, 5.74) is 3.09. The van der Waals surface area contributed by atoms with Gasteiger partial charge in [0.1, 0.15) is 0 Å². The van der Waals surface area contributed by atoms with Crippen molar-refractivity contribution in [3.05, 3.63) is 58.1 Å². The maximum absolute atomic E-state index is 12.8. The molecule has 3 rings (SSSR count). The molecule has 8 heteroatoms. The average molecular weight is 466 g/mol. The molecular weight excluding hydrogens is 442 g/mol. The predicted molar refractivity (Wildman–Crippen MR) is 114 cm³/mol. The fourth-order valence-corrected chi connectivity index (χ4v) is 5.15. The summed E-state index contributed by atoms with van der Waals surface area (Å²) in [7, 11) is -3.52. The third kappa shape index (κ3) is 5.00. The molecule has 2 aromatic carbocycles. The van der Waals surface area contributed by atoms with E-state index in [0.717, 1.165) is 15.7 Å². The minimum absolute atomic E-state index is 0.0912. The van der Waals surface area contributed by atoms with Crippen LogP contribution < -0.4 is 5.32 Å². The van der Waals surface area contributed by atoms with Gasteiger partial charge >= 0.3 is 0 Å². The normalized spacial score (nSPS) is 16.1. The van der Waals surface area contributed by atoms with Crippen molar-refractivity contribution < 1.29 is 13.2 Å². The zero-order chi connectivity index (χ0) is 20.3. The second-order valence-corrected chi connectivity index (χ2v) is 9.84. The molecule has 0 spiro atoms. The first-order valence-corrected chi connectivity index (χ1v) is 11.3. The fourth-order valence-electron chi connectivity index (χ4n) is 3.13. The van der Waals surface area contributed by atoms with Crippen LogP contribution >= 0.6 is 15.9 Å². The van der Waals surface area contributed by atoms with Crippen LogP contribution in [0.2, 0.25) is 0 Å². The number of amides is 1. The Morgan fingerprint density at radius 1 is 1.04 bits per heavy atom. The van der Waals surface area contributed by atoms with E-state index in [4.69, 9.17) is 0 Å². The van der Waals surface area contributed by atoms with Crippen LogP contribution in [0.5, 0.6) is 0 Å². The maximum atomic E-state index is 12.8. The largest absolute Gasteiger partial charge is 0.325 e. The summed E-state index contributed by atoms with van der Waals surface area (Å²) in [5.74, 6) is -0.0912. The van der Waals surface area contributed by atoms with Crippen LogP contribution in [0.25, 0.3) is 0 Å². The van der Waals surface area contributed by atoms with Gasteiger partial charge in [-0.3, -0.25) is 9.69 Å². The zero-order valence-corrected chi connectivity index (χ0v) is 18.4. The van der Waals surface area contributed by atoms with Gasteiger partial charge in [-0.25, -0.2) is 8.42 Å². The molecule has 150 valence electrons. The molecule has 0 aliphatic carbocycles. The first-order valence-electron chi connectivity index (χ1n) is 9.11. The third-order valence-corrected chi connectivity index (χ3v) is 7.31. The van der Waals surface area contributed by atoms with Gasteiger partial charge in [-0.2, -0.15) is 4.31 Å². The van der Waals surface area contributed by atoms with Crippen molar-refractivity contribution >= 4 is 37.5 Å². The first-order chi connectivity index (χ1) is 13.3. The number of piperazine rings is 1. The molecule has 1 aliphatic heterocycles. The second kappa shape index (κ2) is 8.73. The lowest BCUT2D eigenvalue weighted by molar-refractivity contribution is -0.117. The Hall–Kier alpha value is -1.74. The molecule has 0 saturated carbocycles. The van der Waals surface area contributed by atoms with Crippen molar-refractivity contribution in [2.24, 2.45) is 0 Å². The molecule has 1 fully saturated rings. The highest BCUT2D eigenvalue weighted by molar-refractivity contribution is 9.10. The number of carbonyl (C=O) groups is 1. The Bertz CT molecular complexity index is 970. The Balaban J connectivity index is 1.55. The molecule has 2 aromatic rings. The number of benzene rings is 2. The van der Waals surface area contributed by atoms with E-state index in [1.54, 1.807) is 24.3 Å². The number of halogens is 1. The molecule has 6 nitrogen and oxygen atoms in total. The summed E-state index contributed by atoms with van der Waals surface area (Å²) >= 11 is 3.32. The topological polar surface area (TPSA) is 69.7 Å². The Labute approximate surface area is 174 Å². The van der Waals surface area contributed by atoms with Crippen LogP contribution in [0.15, 0.2) is 51.8 Å². The molecule has 0 aromatic heterocycles. The van der Waals surface area contributed by atoms with Crippen molar-refractivity contribution in [3.63, 3.8) is 0 Å². The van der Waals surface area contributed by atoms with Crippen LogP contribution in [-0.2, 0) is 14.8 Å². The standard InChI is InChI=1S/C20H24BrN3O3S/c1-15-6-7-18(12-16(15)2)22-20(25)14-23-8-10-24(11-9-23)28(26,27)19-5-3-4-17(21)13-19/h3-7,12-13H,8-11,14H2,1-2H3,(H,22,25). The van der Waals surface area contributed by atoms with Crippen LogP contribution in [0, 0.1) is 13.8 Å². The second-order valence-electron chi connectivity index (χ2n) is 6.98. The molecule has 1 amide bonds. The van der Waals surface area contributed by atoms with Gasteiger partial charge in [-0.15, -0.1) is 0 Å². The Morgan fingerprint density at radius 2 is 1.75 bits per heavy atom. The Morgan fingerprint density at radius 3 is 2.39 bits per heavy atom. The van der Waals surface area contributed by atoms with Crippen LogP contribution in [-0.4, -0.2) is 56.3 Å². The first kappa shape index (κ1) is 21.0. The summed E-state index contributed by atoms with van der Waals surface area (Å²) < 4.78 is 27.8. The maximum Gasteiger partial charge on any atom is 0.243 e. The molecule has 0 atom stereocenters. The lowest BCUT2D eigenvalue weighted by Crippen LogP contribution is -2.50. The number of hydrogen-bond donors (Lipinski definition) is 1. The number of sulfonamides is 1. The van der Waals surface area contributed by atoms with Gasteiger partial charge < -0.3 is 5.32 Å². The number of anilines is 1. The number of rotatable bonds is 5. The minimum Gasteiger partial charge on any atom is -0.325 e. The minimum atomic E-state index is -3.52. The van der Waals surface area contributed by atoms with Gasteiger partial charge in [0, 0.05) is 36.3 Å². The Kier molecular flexibility index (Phi) is 6.54. The zero-order valence-electron chi connectivity index (χ0n) is 16.0. The van der Waals surface area contributed by atoms with Gasteiger partial charge in [0.2, 0.25) is 15.9 Å². The van der Waals surface area contributed by atoms with Crippen LogP contribution in [0.1, 0.15) is 11.1 Å². The van der Waals surface area contributed by atoms with Crippen LogP contribution in [0.4, 0.5) is 5.69 Å². The quantitative estimate of drug-likeness (QED) is 0.736. The van der Waals surface area contributed by atoms with Crippen molar-refractivity contribution in [2.45, 2.75) is 18.7 Å². The number of carbonyl (C=O) groups excluding carboxylic acids is 1. The van der Waals surface area contributed by atoms with E-state index >= 15 is 0 Å². The average Bonchev–Trinajstić information content (AvgIpc) is 2.65. The summed E-state index contributed by atoms with van der Waals surface area (Å²) in [6.45, 7) is 6.06. The summed E-state index contributed by atoms with van der Waals surface area (Å²) in [5, 5.41) is 2.91. The molecule has 0 unspecified atom stereocenters. The van der Waals surface area contributed by atoms with Gasteiger partial charge in [-0.05, 0) is 55.3 Å². The van der Waals surface area contributed by atoms with Gasteiger partial charge in [0.15, 0.2) is 0 Å². The summed E-state index contributed by atoms with van der Waals surface area (Å²) in [6, 6.07) is 12.5. The molecule has 1 aliphatic rings. The van der Waals surface area contributed by atoms with E-state index in [0.29, 0.717) is 26.2 Å². The van der Waals surface area contributed by atoms with E-state index in [1.807, 2.05) is 36.9 Å². The lowest BCUT2D eigenvalue weighted by atomic mass is 10.1. The van der Waals surface area contributed by atoms with E-state index in [9.17, 15) is 13.2 Å². The molecule has 1 heterocycles. The summed E-state index contributed by atoms with van der Waals surface area (Å²) in [6.07, 6.45) is 0. The van der Waals surface area contributed by atoms with Gasteiger partial charge in [-0.1, -0.05) is 28.1 Å². The van der Waals surface area contributed by atoms with Gasteiger partial charge in [0.05, 0.1) is 11.4 Å². The number of aryl methyl sites for hydroxylation is 2. The van der Waals surface area contributed by atoms with E-state index in [1.165, 1.54) is 9.87 Å². The molecular formula is C20H24BrN3O3S. The monoisotopic (exact) mass is 465 g/mol. The highest BCUT2D eigenvalue weighted by Crippen LogP contribution is 2.21. The smallest absolute Gasteiger partial charge is 0.243 e. The van der Waals surface area contributed by atoms with Gasteiger partial charge in [0.25, 0.3) is 0 Å². The van der Waals surface area contributed by atoms with E-state index < -0.39 is 10.0 Å². The van der Waals surface area contributed by atoms with Crippen molar-refractivity contribution in [1.29, 1.82) is 0 Å². The third-order valence-electron chi connectivity index (χ3n) is 4.92. The predicted octanol–water partition coefficient (Wildman–Crippen LogP) is 3.01. The summed E-state index contributed by atoms with van der Waals surface area (Å²) in [4.78, 5) is 14.6. The number of hydrogen-bond acceptors (Lipinski definition) is 4. The highest BCUT2D eigenvalue weighted by atomic mass is 79.9. The number of nitrogens with zero attached hydrogens (tertiary/aromatic N) is 2. The highest BCUT2D eigenvalue weighted by Gasteiger charge is 2.29. The fraction of sp³-hybridized carbons (Fsp3) is 0.350. The SMILES string of the molecule is Cc1ccc(NC(=O)CN2CCN(S(=O)(=O)c3cccc(Br)c3)CC2)cc1C.